The lowest BCUT2D eigenvalue weighted by molar-refractivity contribution is -0.209. The molecule has 1 aromatic carbocycles. The number of rotatable bonds is 25. The van der Waals surface area contributed by atoms with E-state index in [2.05, 4.69) is 6.92 Å². The molecule has 0 saturated heterocycles. The molecular formula is C31H54O5. The number of methoxy groups -OCH3 is 1. The molecule has 5 heteroatoms. The van der Waals surface area contributed by atoms with Crippen molar-refractivity contribution in [2.45, 2.75) is 136 Å². The van der Waals surface area contributed by atoms with Crippen LogP contribution in [0, 0.1) is 0 Å². The van der Waals surface area contributed by atoms with E-state index in [1.165, 1.54) is 97.0 Å². The molecule has 208 valence electrons. The third-order valence-electron chi connectivity index (χ3n) is 6.57. The fourth-order valence-electron chi connectivity index (χ4n) is 4.40. The van der Waals surface area contributed by atoms with Gasteiger partial charge in [-0.1, -0.05) is 134 Å². The van der Waals surface area contributed by atoms with Gasteiger partial charge in [0.25, 0.3) is 6.29 Å². The fraction of sp³-hybridized carbons (Fsp3) is 0.774. The first-order chi connectivity index (χ1) is 17.7. The van der Waals surface area contributed by atoms with E-state index in [1.54, 1.807) is 0 Å². The molecule has 1 rings (SSSR count). The Bertz CT molecular complexity index is 606. The largest absolute Gasteiger partial charge is 0.465 e. The molecule has 0 aliphatic carbocycles. The number of benzene rings is 1. The first-order valence-electron chi connectivity index (χ1n) is 14.7. The molecule has 0 saturated carbocycles. The van der Waals surface area contributed by atoms with E-state index in [-0.39, 0.29) is 6.10 Å². The van der Waals surface area contributed by atoms with Gasteiger partial charge in [-0.25, -0.2) is 4.79 Å². The zero-order valence-electron chi connectivity index (χ0n) is 23.5. The highest BCUT2D eigenvalue weighted by Crippen LogP contribution is 2.16. The third-order valence-corrected chi connectivity index (χ3v) is 6.57. The molecule has 0 bridgehead atoms. The molecule has 1 aromatic rings. The van der Waals surface area contributed by atoms with Crippen LogP contribution < -0.4 is 0 Å². The second-order valence-corrected chi connectivity index (χ2v) is 9.81. The van der Waals surface area contributed by atoms with E-state index in [0.717, 1.165) is 18.4 Å². The summed E-state index contributed by atoms with van der Waals surface area (Å²) in [5, 5.41) is 0. The Hall–Kier alpha value is -1.43. The summed E-state index contributed by atoms with van der Waals surface area (Å²) in [6.45, 7) is 5.45. The molecule has 0 N–H and O–H groups in total. The maximum Gasteiger partial charge on any atom is 0.363 e. The lowest BCUT2D eigenvalue weighted by atomic mass is 10.0. The molecule has 0 aromatic heterocycles. The van der Waals surface area contributed by atoms with Crippen molar-refractivity contribution in [2.75, 3.05) is 20.3 Å². The van der Waals surface area contributed by atoms with Crippen molar-refractivity contribution in [3.05, 3.63) is 35.9 Å². The van der Waals surface area contributed by atoms with E-state index in [1.807, 2.05) is 37.3 Å². The van der Waals surface area contributed by atoms with Gasteiger partial charge in [-0.2, -0.15) is 0 Å². The Morgan fingerprint density at radius 1 is 0.750 bits per heavy atom. The van der Waals surface area contributed by atoms with Crippen LogP contribution in [0.3, 0.4) is 0 Å². The van der Waals surface area contributed by atoms with E-state index in [0.29, 0.717) is 19.8 Å². The SMILES string of the molecule is CCCCCCCCCCCCCCCCCC(COCc1ccccc1)OC(OCC)C(=O)OC. The minimum Gasteiger partial charge on any atom is -0.465 e. The van der Waals surface area contributed by atoms with Crippen LogP contribution in [-0.4, -0.2) is 38.7 Å². The average molecular weight is 507 g/mol. The third kappa shape index (κ3) is 17.9. The van der Waals surface area contributed by atoms with Gasteiger partial charge in [0.1, 0.15) is 0 Å². The summed E-state index contributed by atoms with van der Waals surface area (Å²) in [4.78, 5) is 12.0. The second-order valence-electron chi connectivity index (χ2n) is 9.81. The van der Waals surface area contributed by atoms with Crippen LogP contribution in [0.5, 0.6) is 0 Å². The molecule has 2 unspecified atom stereocenters. The molecule has 0 radical (unpaired) electrons. The summed E-state index contributed by atoms with van der Waals surface area (Å²) >= 11 is 0. The van der Waals surface area contributed by atoms with Gasteiger partial charge in [0.2, 0.25) is 0 Å². The summed E-state index contributed by atoms with van der Waals surface area (Å²) in [7, 11) is 1.35. The molecule has 0 aliphatic rings. The minimum atomic E-state index is -0.998. The zero-order valence-corrected chi connectivity index (χ0v) is 23.5. The number of hydrogen-bond acceptors (Lipinski definition) is 5. The van der Waals surface area contributed by atoms with Gasteiger partial charge in [-0.3, -0.25) is 0 Å². The van der Waals surface area contributed by atoms with Gasteiger partial charge < -0.3 is 18.9 Å². The van der Waals surface area contributed by atoms with E-state index in [4.69, 9.17) is 18.9 Å². The molecule has 0 amide bonds. The first-order valence-corrected chi connectivity index (χ1v) is 14.7. The Morgan fingerprint density at radius 2 is 1.28 bits per heavy atom. The molecular weight excluding hydrogens is 452 g/mol. The normalized spacial score (nSPS) is 13.0. The van der Waals surface area contributed by atoms with Crippen molar-refractivity contribution in [3.63, 3.8) is 0 Å². The molecule has 5 nitrogen and oxygen atoms in total. The van der Waals surface area contributed by atoms with Crippen molar-refractivity contribution in [1.82, 2.24) is 0 Å². The highest BCUT2D eigenvalue weighted by molar-refractivity contribution is 5.73. The van der Waals surface area contributed by atoms with Gasteiger partial charge in [-0.05, 0) is 18.9 Å². The number of esters is 1. The minimum absolute atomic E-state index is 0.202. The maximum atomic E-state index is 12.0. The Balaban J connectivity index is 2.19. The van der Waals surface area contributed by atoms with Crippen molar-refractivity contribution < 1.29 is 23.7 Å². The standard InChI is InChI=1S/C31H54O5/c1-4-6-7-8-9-10-11-12-13-14-15-16-17-18-22-25-29(36-31(35-5-2)30(32)33-3)27-34-26-28-23-20-19-21-24-28/h19-21,23-24,29,31H,4-18,22,25-27H2,1-3H3. The Labute approximate surface area is 221 Å². The molecule has 36 heavy (non-hydrogen) atoms. The van der Waals surface area contributed by atoms with Crippen LogP contribution in [0.4, 0.5) is 0 Å². The highest BCUT2D eigenvalue weighted by Gasteiger charge is 2.25. The van der Waals surface area contributed by atoms with Crippen molar-refractivity contribution in [2.24, 2.45) is 0 Å². The van der Waals surface area contributed by atoms with E-state index >= 15 is 0 Å². The van der Waals surface area contributed by atoms with Crippen LogP contribution in [0.25, 0.3) is 0 Å². The van der Waals surface area contributed by atoms with E-state index < -0.39 is 12.3 Å². The first kappa shape index (κ1) is 32.6. The van der Waals surface area contributed by atoms with Gasteiger partial charge >= 0.3 is 5.97 Å². The predicted octanol–water partition coefficient (Wildman–Crippen LogP) is 8.39. The molecule has 0 fully saturated rings. The van der Waals surface area contributed by atoms with Crippen molar-refractivity contribution in [1.29, 1.82) is 0 Å². The smallest absolute Gasteiger partial charge is 0.363 e. The van der Waals surface area contributed by atoms with Crippen LogP contribution in [-0.2, 0) is 30.3 Å². The summed E-state index contributed by atoms with van der Waals surface area (Å²) in [5.41, 5.74) is 1.12. The van der Waals surface area contributed by atoms with E-state index in [9.17, 15) is 4.79 Å². The van der Waals surface area contributed by atoms with Gasteiger partial charge in [-0.15, -0.1) is 0 Å². The topological polar surface area (TPSA) is 54.0 Å². The molecule has 0 spiro atoms. The van der Waals surface area contributed by atoms with Crippen LogP contribution in [0.15, 0.2) is 30.3 Å². The second kappa shape index (κ2) is 23.9. The molecule has 0 heterocycles. The Kier molecular flexibility index (Phi) is 21.7. The van der Waals surface area contributed by atoms with Gasteiger partial charge in [0.05, 0.1) is 26.4 Å². The van der Waals surface area contributed by atoms with Crippen LogP contribution >= 0.6 is 0 Å². The number of unbranched alkanes of at least 4 members (excludes halogenated alkanes) is 14. The van der Waals surface area contributed by atoms with Gasteiger partial charge in [0.15, 0.2) is 0 Å². The average Bonchev–Trinajstić information content (AvgIpc) is 2.90. The number of ether oxygens (including phenoxy) is 4. The summed E-state index contributed by atoms with van der Waals surface area (Å²) in [6.07, 6.45) is 19.7. The molecule has 2 atom stereocenters. The monoisotopic (exact) mass is 506 g/mol. The van der Waals surface area contributed by atoms with Crippen molar-refractivity contribution in [3.8, 4) is 0 Å². The van der Waals surface area contributed by atoms with Crippen LogP contribution in [0.1, 0.15) is 122 Å². The lowest BCUT2D eigenvalue weighted by Gasteiger charge is -2.23. The summed E-state index contributed by atoms with van der Waals surface area (Å²) in [5.74, 6) is -0.499. The van der Waals surface area contributed by atoms with Crippen LogP contribution in [0.2, 0.25) is 0 Å². The summed E-state index contributed by atoms with van der Waals surface area (Å²) < 4.78 is 22.2. The maximum absolute atomic E-state index is 12.0. The Morgan fingerprint density at radius 3 is 1.78 bits per heavy atom. The predicted molar refractivity (Wildman–Crippen MR) is 148 cm³/mol. The number of carbonyl (C=O) groups excluding carboxylic acids is 1. The van der Waals surface area contributed by atoms with Gasteiger partial charge in [0, 0.05) is 6.61 Å². The highest BCUT2D eigenvalue weighted by atomic mass is 16.7. The number of hydrogen-bond donors (Lipinski definition) is 0. The zero-order chi connectivity index (χ0) is 26.1. The molecule has 0 aliphatic heterocycles. The number of carbonyl (C=O) groups is 1. The van der Waals surface area contributed by atoms with Crippen molar-refractivity contribution >= 4 is 5.97 Å². The lowest BCUT2D eigenvalue weighted by Crippen LogP contribution is -2.35. The fourth-order valence-corrected chi connectivity index (χ4v) is 4.40. The quantitative estimate of drug-likeness (QED) is 0.0757. The summed E-state index contributed by atoms with van der Waals surface area (Å²) in [6, 6.07) is 10.1.